The van der Waals surface area contributed by atoms with E-state index in [1.807, 2.05) is 35.2 Å². The van der Waals surface area contributed by atoms with Gasteiger partial charge in [-0.2, -0.15) is 0 Å². The maximum absolute atomic E-state index is 12.1. The van der Waals surface area contributed by atoms with Gasteiger partial charge in [-0.25, -0.2) is 0 Å². The molecule has 0 bridgehead atoms. The number of ether oxygens (including phenoxy) is 2. The van der Waals surface area contributed by atoms with Gasteiger partial charge in [0.25, 0.3) is 0 Å². The van der Waals surface area contributed by atoms with Crippen LogP contribution in [0.15, 0.2) is 41.0 Å². The Balaban J connectivity index is 2.08. The molecule has 1 heterocycles. The van der Waals surface area contributed by atoms with Crippen LogP contribution in [0.3, 0.4) is 0 Å². The van der Waals surface area contributed by atoms with Crippen molar-refractivity contribution in [3.8, 4) is 11.5 Å². The molecule has 2 aromatic rings. The summed E-state index contributed by atoms with van der Waals surface area (Å²) in [5, 5.41) is 0. The lowest BCUT2D eigenvalue weighted by atomic mass is 9.90. The number of hydrogen-bond donors (Lipinski definition) is 0. The molecule has 5 heteroatoms. The molecule has 0 fully saturated rings. The Bertz CT molecular complexity index is 694. The predicted molar refractivity (Wildman–Crippen MR) is 102 cm³/mol. The van der Waals surface area contributed by atoms with Gasteiger partial charge in [-0.15, -0.1) is 0 Å². The second kappa shape index (κ2) is 9.32. The number of amides is 1. The zero-order valence-electron chi connectivity index (χ0n) is 16.3. The number of carbonyl (C=O) groups excluding carboxylic acids is 1. The third-order valence-corrected chi connectivity index (χ3v) is 4.69. The van der Waals surface area contributed by atoms with E-state index in [4.69, 9.17) is 13.9 Å². The van der Waals surface area contributed by atoms with Gasteiger partial charge in [0.1, 0.15) is 5.76 Å². The molecule has 0 aliphatic carbocycles. The van der Waals surface area contributed by atoms with Gasteiger partial charge in [0.2, 0.25) is 5.91 Å². The van der Waals surface area contributed by atoms with Crippen LogP contribution in [-0.2, 0) is 11.3 Å². The van der Waals surface area contributed by atoms with Crippen molar-refractivity contribution in [1.29, 1.82) is 0 Å². The standard InChI is InChI=1S/C21H29NO4/c1-15(2)18(19-7-6-12-26-19)10-11-22(16(3)23)14-17-8-9-20(24-4)21(13-17)25-5/h6-9,12-13,15,18H,10-11,14H2,1-5H3/t18-/m0/s1. The van der Waals surface area contributed by atoms with E-state index in [0.29, 0.717) is 30.5 Å². The predicted octanol–water partition coefficient (Wildman–Crippen LogP) is 4.48. The summed E-state index contributed by atoms with van der Waals surface area (Å²) >= 11 is 0. The van der Waals surface area contributed by atoms with Crippen molar-refractivity contribution in [2.24, 2.45) is 5.92 Å². The van der Waals surface area contributed by atoms with Crippen LogP contribution in [0.2, 0.25) is 0 Å². The molecule has 0 radical (unpaired) electrons. The zero-order chi connectivity index (χ0) is 19.1. The van der Waals surface area contributed by atoms with Gasteiger partial charge in [-0.3, -0.25) is 4.79 Å². The van der Waals surface area contributed by atoms with E-state index < -0.39 is 0 Å². The fourth-order valence-corrected chi connectivity index (χ4v) is 3.15. The molecule has 1 amide bonds. The Hall–Kier alpha value is -2.43. The minimum Gasteiger partial charge on any atom is -0.493 e. The monoisotopic (exact) mass is 359 g/mol. The highest BCUT2D eigenvalue weighted by Gasteiger charge is 2.21. The zero-order valence-corrected chi connectivity index (χ0v) is 16.3. The van der Waals surface area contributed by atoms with Gasteiger partial charge in [0.05, 0.1) is 20.5 Å². The number of hydrogen-bond acceptors (Lipinski definition) is 4. The topological polar surface area (TPSA) is 51.9 Å². The van der Waals surface area contributed by atoms with Crippen molar-refractivity contribution in [1.82, 2.24) is 4.90 Å². The number of nitrogens with zero attached hydrogens (tertiary/aromatic N) is 1. The first-order chi connectivity index (χ1) is 12.5. The molecule has 2 rings (SSSR count). The average molecular weight is 359 g/mol. The number of benzene rings is 1. The highest BCUT2D eigenvalue weighted by molar-refractivity contribution is 5.73. The second-order valence-electron chi connectivity index (χ2n) is 6.78. The normalized spacial score (nSPS) is 12.1. The maximum atomic E-state index is 12.1. The Kier molecular flexibility index (Phi) is 7.13. The molecule has 0 N–H and O–H groups in total. The SMILES string of the molecule is COc1ccc(CN(CC[C@H](c2ccco2)C(C)C)C(C)=O)cc1OC. The molecule has 1 aromatic heterocycles. The molecule has 0 aliphatic heterocycles. The van der Waals surface area contributed by atoms with Crippen molar-refractivity contribution in [3.63, 3.8) is 0 Å². The Morgan fingerprint density at radius 2 is 1.88 bits per heavy atom. The molecule has 0 aliphatic rings. The van der Waals surface area contributed by atoms with Gasteiger partial charge in [-0.05, 0) is 42.2 Å². The van der Waals surface area contributed by atoms with E-state index in [1.165, 1.54) is 0 Å². The van der Waals surface area contributed by atoms with Crippen LogP contribution in [-0.4, -0.2) is 31.6 Å². The van der Waals surface area contributed by atoms with Crippen LogP contribution in [0.25, 0.3) is 0 Å². The second-order valence-corrected chi connectivity index (χ2v) is 6.78. The fraction of sp³-hybridized carbons (Fsp3) is 0.476. The third kappa shape index (κ3) is 5.04. The van der Waals surface area contributed by atoms with Crippen LogP contribution in [0.4, 0.5) is 0 Å². The summed E-state index contributed by atoms with van der Waals surface area (Å²) < 4.78 is 16.2. The molecule has 142 valence electrons. The summed E-state index contributed by atoms with van der Waals surface area (Å²) in [7, 11) is 3.22. The van der Waals surface area contributed by atoms with E-state index in [1.54, 1.807) is 27.4 Å². The Labute approximate surface area is 155 Å². The molecule has 0 saturated carbocycles. The van der Waals surface area contributed by atoms with Crippen molar-refractivity contribution in [2.75, 3.05) is 20.8 Å². The molecule has 0 unspecified atom stereocenters. The van der Waals surface area contributed by atoms with Crippen molar-refractivity contribution in [2.45, 2.75) is 39.7 Å². The highest BCUT2D eigenvalue weighted by atomic mass is 16.5. The number of methoxy groups -OCH3 is 2. The molecule has 1 aromatic carbocycles. The van der Waals surface area contributed by atoms with E-state index in [2.05, 4.69) is 13.8 Å². The van der Waals surface area contributed by atoms with E-state index >= 15 is 0 Å². The van der Waals surface area contributed by atoms with Crippen LogP contribution in [0.5, 0.6) is 11.5 Å². The smallest absolute Gasteiger partial charge is 0.219 e. The van der Waals surface area contributed by atoms with E-state index in [0.717, 1.165) is 17.7 Å². The summed E-state index contributed by atoms with van der Waals surface area (Å²) in [6, 6.07) is 9.67. The number of furan rings is 1. The summed E-state index contributed by atoms with van der Waals surface area (Å²) in [5.41, 5.74) is 1.01. The van der Waals surface area contributed by atoms with E-state index in [-0.39, 0.29) is 11.8 Å². The number of rotatable bonds is 9. The average Bonchev–Trinajstić information content (AvgIpc) is 3.14. The molecule has 1 atom stereocenters. The third-order valence-electron chi connectivity index (χ3n) is 4.69. The van der Waals surface area contributed by atoms with Crippen molar-refractivity contribution >= 4 is 5.91 Å². The first-order valence-electron chi connectivity index (χ1n) is 8.96. The summed E-state index contributed by atoms with van der Waals surface area (Å²) in [4.78, 5) is 14.0. The minimum atomic E-state index is 0.0572. The van der Waals surface area contributed by atoms with Crippen molar-refractivity contribution < 1.29 is 18.7 Å². The molecular weight excluding hydrogens is 330 g/mol. The van der Waals surface area contributed by atoms with Crippen LogP contribution in [0, 0.1) is 5.92 Å². The van der Waals surface area contributed by atoms with Gasteiger partial charge in [-0.1, -0.05) is 19.9 Å². The van der Waals surface area contributed by atoms with Gasteiger partial charge in [0, 0.05) is 25.9 Å². The first-order valence-corrected chi connectivity index (χ1v) is 8.96. The van der Waals surface area contributed by atoms with Crippen LogP contribution >= 0.6 is 0 Å². The molecule has 26 heavy (non-hydrogen) atoms. The number of carbonyl (C=O) groups is 1. The largest absolute Gasteiger partial charge is 0.493 e. The maximum Gasteiger partial charge on any atom is 0.219 e. The summed E-state index contributed by atoms with van der Waals surface area (Å²) in [6.45, 7) is 7.18. The summed E-state index contributed by atoms with van der Waals surface area (Å²) in [5.74, 6) is 3.12. The first kappa shape index (κ1) is 19.9. The fourth-order valence-electron chi connectivity index (χ4n) is 3.15. The van der Waals surface area contributed by atoms with Gasteiger partial charge >= 0.3 is 0 Å². The Morgan fingerprint density at radius 3 is 2.42 bits per heavy atom. The van der Waals surface area contributed by atoms with Crippen molar-refractivity contribution in [3.05, 3.63) is 47.9 Å². The van der Waals surface area contributed by atoms with Gasteiger partial charge < -0.3 is 18.8 Å². The molecule has 5 nitrogen and oxygen atoms in total. The van der Waals surface area contributed by atoms with Gasteiger partial charge in [0.15, 0.2) is 11.5 Å². The minimum absolute atomic E-state index is 0.0572. The lowest BCUT2D eigenvalue weighted by molar-refractivity contribution is -0.129. The Morgan fingerprint density at radius 1 is 1.15 bits per heavy atom. The highest BCUT2D eigenvalue weighted by Crippen LogP contribution is 2.30. The lowest BCUT2D eigenvalue weighted by Crippen LogP contribution is -2.30. The molecule has 0 saturated heterocycles. The molecule has 0 spiro atoms. The van der Waals surface area contributed by atoms with Crippen LogP contribution in [0.1, 0.15) is 44.4 Å². The molecular formula is C21H29NO4. The van der Waals surface area contributed by atoms with Crippen LogP contribution < -0.4 is 9.47 Å². The quantitative estimate of drug-likeness (QED) is 0.663. The van der Waals surface area contributed by atoms with E-state index in [9.17, 15) is 4.79 Å². The lowest BCUT2D eigenvalue weighted by Gasteiger charge is -2.25. The summed E-state index contributed by atoms with van der Waals surface area (Å²) in [6.07, 6.45) is 2.56.